The van der Waals surface area contributed by atoms with Crippen LogP contribution in [0, 0.1) is 23.2 Å². The Labute approximate surface area is 262 Å². The first kappa shape index (κ1) is 36.2. The summed E-state index contributed by atoms with van der Waals surface area (Å²) in [6.45, 7) is 9.42. The Morgan fingerprint density at radius 3 is 2.23 bits per heavy atom. The summed E-state index contributed by atoms with van der Waals surface area (Å²) in [5, 5.41) is 10.6. The number of H-pyrrole nitrogens is 1. The standard InChI is InChI=1S/C26H37FN5O9PS2/c1-8-26(27)17(33)15(41-20(26)32-14-29-16-18(32)30-23(28)31-19(16)34)13-40-42(37,38-9-11-43-21(35)24(2,3)4)39-10-12-44-22(36)25(5,6)7/h1,14-15,17,20,33H,9-13H2,2-7H3,(H3,28,30,31,34)/t15-,17-,20?,26-/m1/s1. The highest BCUT2D eigenvalue weighted by atomic mass is 32.2. The molecule has 1 unspecified atom stereocenters. The number of fused-ring (bicyclic) bond motifs is 1. The average molecular weight is 678 g/mol. The Morgan fingerprint density at radius 2 is 1.73 bits per heavy atom. The van der Waals surface area contributed by atoms with Gasteiger partial charge in [0.15, 0.2) is 27.6 Å². The second-order valence-corrected chi connectivity index (χ2v) is 15.6. The van der Waals surface area contributed by atoms with Gasteiger partial charge in [-0.25, -0.2) is 13.9 Å². The number of rotatable bonds is 12. The maximum Gasteiger partial charge on any atom is 0.474 e. The summed E-state index contributed by atoms with van der Waals surface area (Å²) in [6, 6.07) is 0. The second-order valence-electron chi connectivity index (χ2n) is 11.8. The van der Waals surface area contributed by atoms with Gasteiger partial charge in [-0.05, 0) is 0 Å². The molecule has 4 N–H and O–H groups in total. The number of imidazole rings is 1. The third-order valence-electron chi connectivity index (χ3n) is 6.12. The summed E-state index contributed by atoms with van der Waals surface area (Å²) in [5.41, 5.74) is 0.555. The minimum atomic E-state index is -4.39. The molecule has 18 heteroatoms. The number of carbonyl (C=O) groups excluding carboxylic acids is 2. The lowest BCUT2D eigenvalue weighted by Crippen LogP contribution is -2.42. The van der Waals surface area contributed by atoms with Crippen molar-refractivity contribution >= 4 is 58.7 Å². The summed E-state index contributed by atoms with van der Waals surface area (Å²) in [4.78, 5) is 46.8. The summed E-state index contributed by atoms with van der Waals surface area (Å²) in [7, 11) is -4.39. The zero-order valence-electron chi connectivity index (χ0n) is 25.2. The third kappa shape index (κ3) is 8.49. The van der Waals surface area contributed by atoms with Gasteiger partial charge in [0.05, 0.1) is 26.1 Å². The van der Waals surface area contributed by atoms with E-state index in [2.05, 4.69) is 15.0 Å². The predicted octanol–water partition coefficient (Wildman–Crippen LogP) is 3.07. The van der Waals surface area contributed by atoms with Gasteiger partial charge in [0, 0.05) is 22.3 Å². The van der Waals surface area contributed by atoms with Crippen LogP contribution in [0.15, 0.2) is 11.1 Å². The molecule has 2 aromatic heterocycles. The number of nitrogens with two attached hydrogens (primary N) is 1. The Bertz CT molecular complexity index is 1480. The van der Waals surface area contributed by atoms with E-state index in [1.807, 2.05) is 5.92 Å². The monoisotopic (exact) mass is 677 g/mol. The molecule has 1 saturated heterocycles. The predicted molar refractivity (Wildman–Crippen MR) is 164 cm³/mol. The van der Waals surface area contributed by atoms with E-state index in [0.717, 1.165) is 34.4 Å². The molecule has 1 fully saturated rings. The first-order valence-electron chi connectivity index (χ1n) is 13.4. The molecule has 14 nitrogen and oxygen atoms in total. The van der Waals surface area contributed by atoms with E-state index in [4.69, 9.17) is 30.5 Å². The number of hydrogen-bond acceptors (Lipinski definition) is 14. The Hall–Kier alpha value is -2.29. The van der Waals surface area contributed by atoms with E-state index in [9.17, 15) is 24.1 Å². The maximum absolute atomic E-state index is 16.0. The van der Waals surface area contributed by atoms with E-state index >= 15 is 4.39 Å². The summed E-state index contributed by atoms with van der Waals surface area (Å²) < 4.78 is 52.6. The number of aliphatic hydroxyl groups excluding tert-OH is 1. The van der Waals surface area contributed by atoms with Crippen LogP contribution in [-0.4, -0.2) is 84.1 Å². The van der Waals surface area contributed by atoms with E-state index < -0.39 is 54.9 Å². The number of alkyl halides is 1. The summed E-state index contributed by atoms with van der Waals surface area (Å²) >= 11 is 1.96. The number of aliphatic hydroxyl groups is 1. The number of anilines is 1. The summed E-state index contributed by atoms with van der Waals surface area (Å²) in [6.07, 6.45) is 1.30. The average Bonchev–Trinajstić information content (AvgIpc) is 3.45. The fourth-order valence-corrected chi connectivity index (χ4v) is 6.70. The van der Waals surface area contributed by atoms with Crippen molar-refractivity contribution in [2.45, 2.75) is 65.6 Å². The maximum atomic E-state index is 16.0. The molecule has 44 heavy (non-hydrogen) atoms. The van der Waals surface area contributed by atoms with Gasteiger partial charge in [0.25, 0.3) is 5.56 Å². The Balaban J connectivity index is 1.75. The number of thioether (sulfide) groups is 2. The molecular formula is C26H37FN5O9PS2. The first-order chi connectivity index (χ1) is 20.3. The Kier molecular flexibility index (Phi) is 11.5. The molecule has 244 valence electrons. The molecule has 3 rings (SSSR count). The number of aromatic amines is 1. The van der Waals surface area contributed by atoms with Crippen LogP contribution in [0.4, 0.5) is 10.3 Å². The van der Waals surface area contributed by atoms with E-state index in [-0.39, 0.29) is 52.1 Å². The highest BCUT2D eigenvalue weighted by molar-refractivity contribution is 8.14. The van der Waals surface area contributed by atoms with Gasteiger partial charge in [-0.15, -0.1) is 6.42 Å². The molecule has 0 bridgehead atoms. The number of nitrogens with zero attached hydrogens (tertiary/aromatic N) is 3. The molecule has 0 radical (unpaired) electrons. The van der Waals surface area contributed by atoms with Crippen molar-refractivity contribution in [1.29, 1.82) is 0 Å². The highest BCUT2D eigenvalue weighted by Crippen LogP contribution is 2.51. The molecule has 0 saturated carbocycles. The lowest BCUT2D eigenvalue weighted by molar-refractivity contribution is -0.118. The molecule has 0 spiro atoms. The third-order valence-corrected chi connectivity index (χ3v) is 10.1. The fraction of sp³-hybridized carbons (Fsp3) is 0.654. The molecule has 0 aromatic carbocycles. The number of phosphoric acid groups is 1. The van der Waals surface area contributed by atoms with E-state index in [1.165, 1.54) is 0 Å². The largest absolute Gasteiger partial charge is 0.474 e. The Morgan fingerprint density at radius 1 is 1.18 bits per heavy atom. The quantitative estimate of drug-likeness (QED) is 0.168. The molecule has 0 amide bonds. The smallest absolute Gasteiger partial charge is 0.386 e. The van der Waals surface area contributed by atoms with Crippen molar-refractivity contribution in [3.05, 3.63) is 16.7 Å². The zero-order chi connectivity index (χ0) is 33.1. The SMILES string of the molecule is C#C[C@]1(F)C(n2cnc3c(=O)[nH]c(N)nc32)O[C@H](COP(=O)(OCCSC(=O)C(C)(C)C)OCCSC(=O)C(C)(C)C)[C@H]1O. The van der Waals surface area contributed by atoms with Gasteiger partial charge < -0.3 is 15.6 Å². The van der Waals surface area contributed by atoms with Gasteiger partial charge in [-0.2, -0.15) is 4.98 Å². The highest BCUT2D eigenvalue weighted by Gasteiger charge is 2.58. The normalized spacial score (nSPS) is 22.8. The first-order valence-corrected chi connectivity index (χ1v) is 16.9. The number of ether oxygens (including phenoxy) is 1. The van der Waals surface area contributed by atoms with Crippen molar-refractivity contribution in [3.63, 3.8) is 0 Å². The topological polar surface area (TPSA) is 198 Å². The number of halogens is 1. The van der Waals surface area contributed by atoms with Crippen molar-refractivity contribution < 1.29 is 42.0 Å². The molecule has 4 atom stereocenters. The van der Waals surface area contributed by atoms with Crippen molar-refractivity contribution in [3.8, 4) is 12.3 Å². The van der Waals surface area contributed by atoms with Crippen LogP contribution >= 0.6 is 31.3 Å². The molecule has 2 aromatic rings. The molecular weight excluding hydrogens is 640 g/mol. The van der Waals surface area contributed by atoms with Gasteiger partial charge in [0.2, 0.25) is 11.6 Å². The molecule has 1 aliphatic rings. The zero-order valence-corrected chi connectivity index (χ0v) is 27.7. The number of terminal acetylenes is 1. The molecule has 3 heterocycles. The lowest BCUT2D eigenvalue weighted by atomic mass is 9.97. The van der Waals surface area contributed by atoms with Crippen LogP contribution in [0.5, 0.6) is 0 Å². The second kappa shape index (κ2) is 14.0. The van der Waals surface area contributed by atoms with Crippen LogP contribution in [0.3, 0.4) is 0 Å². The van der Waals surface area contributed by atoms with Gasteiger partial charge in [-0.1, -0.05) is 71.0 Å². The fourth-order valence-electron chi connectivity index (χ4n) is 3.70. The van der Waals surface area contributed by atoms with Crippen molar-refractivity contribution in [2.75, 3.05) is 37.1 Å². The van der Waals surface area contributed by atoms with Crippen LogP contribution in [0.25, 0.3) is 11.2 Å². The number of hydrogen-bond donors (Lipinski definition) is 3. The lowest BCUT2D eigenvalue weighted by Gasteiger charge is -2.23. The number of nitrogens with one attached hydrogen (secondary N) is 1. The van der Waals surface area contributed by atoms with E-state index in [0.29, 0.717) is 0 Å². The van der Waals surface area contributed by atoms with E-state index in [1.54, 1.807) is 41.5 Å². The number of phosphoric ester groups is 1. The van der Waals surface area contributed by atoms with Crippen LogP contribution in [-0.2, 0) is 32.5 Å². The van der Waals surface area contributed by atoms with Gasteiger partial charge in [-0.3, -0.25) is 37.5 Å². The molecule has 1 aliphatic heterocycles. The number of aromatic nitrogens is 4. The van der Waals surface area contributed by atoms with Crippen LogP contribution in [0.1, 0.15) is 47.8 Å². The summed E-state index contributed by atoms with van der Waals surface area (Å²) in [5.74, 6) is 1.87. The number of carbonyl (C=O) groups is 2. The van der Waals surface area contributed by atoms with Crippen molar-refractivity contribution in [2.24, 2.45) is 10.8 Å². The minimum Gasteiger partial charge on any atom is -0.386 e. The van der Waals surface area contributed by atoms with Gasteiger partial charge in [0.1, 0.15) is 12.2 Å². The molecule has 0 aliphatic carbocycles. The number of nitrogen functional groups attached to an aromatic ring is 1. The van der Waals surface area contributed by atoms with Crippen LogP contribution < -0.4 is 11.3 Å². The van der Waals surface area contributed by atoms with Crippen molar-refractivity contribution in [1.82, 2.24) is 19.5 Å². The van der Waals surface area contributed by atoms with Gasteiger partial charge >= 0.3 is 7.82 Å². The minimum absolute atomic E-state index is 0.109. The van der Waals surface area contributed by atoms with Crippen LogP contribution in [0.2, 0.25) is 0 Å².